The van der Waals surface area contributed by atoms with E-state index in [9.17, 15) is 10.1 Å². The Balaban J connectivity index is 2.12. The summed E-state index contributed by atoms with van der Waals surface area (Å²) in [7, 11) is 0. The van der Waals surface area contributed by atoms with Gasteiger partial charge in [-0.2, -0.15) is 5.26 Å². The van der Waals surface area contributed by atoms with Gasteiger partial charge in [0.2, 0.25) is 0 Å². The number of nitrogens with zero attached hydrogens (tertiary/aromatic N) is 3. The number of rotatable bonds is 2. The van der Waals surface area contributed by atoms with Crippen molar-refractivity contribution >= 4 is 5.78 Å². The average Bonchev–Trinajstić information content (AvgIpc) is 2.34. The second-order valence-corrected chi connectivity index (χ2v) is 3.89. The van der Waals surface area contributed by atoms with Crippen LogP contribution < -0.4 is 0 Å². The van der Waals surface area contributed by atoms with E-state index >= 15 is 0 Å². The molecule has 0 aromatic carbocycles. The summed E-state index contributed by atoms with van der Waals surface area (Å²) in [5, 5.41) is 9.20. The summed E-state index contributed by atoms with van der Waals surface area (Å²) < 4.78 is 0. The van der Waals surface area contributed by atoms with Crippen LogP contribution in [0.3, 0.4) is 0 Å². The van der Waals surface area contributed by atoms with Crippen molar-refractivity contribution in [3.63, 3.8) is 0 Å². The van der Waals surface area contributed by atoms with Crippen molar-refractivity contribution in [3.05, 3.63) is 30.1 Å². The number of hydrogen-bond acceptors (Lipinski definition) is 4. The van der Waals surface area contributed by atoms with Crippen LogP contribution in [0.15, 0.2) is 24.5 Å². The van der Waals surface area contributed by atoms with Crippen molar-refractivity contribution in [2.24, 2.45) is 0 Å². The quantitative estimate of drug-likeness (QED) is 0.746. The van der Waals surface area contributed by atoms with Crippen molar-refractivity contribution in [1.82, 2.24) is 9.88 Å². The Morgan fingerprint density at radius 3 is 2.50 bits per heavy atom. The van der Waals surface area contributed by atoms with Crippen LogP contribution in [-0.2, 0) is 4.79 Å². The molecule has 0 amide bonds. The molecule has 0 saturated carbocycles. The zero-order valence-electron chi connectivity index (χ0n) is 8.97. The minimum atomic E-state index is -0.254. The van der Waals surface area contributed by atoms with E-state index in [4.69, 9.17) is 0 Å². The third kappa shape index (κ3) is 2.26. The van der Waals surface area contributed by atoms with Crippen molar-refractivity contribution in [1.29, 1.82) is 5.26 Å². The largest absolute Gasteiger partial charge is 0.300 e. The number of hydrogen-bond donors (Lipinski definition) is 0. The number of carbonyl (C=O) groups excluding carboxylic acids is 1. The maximum absolute atomic E-state index is 11.1. The van der Waals surface area contributed by atoms with E-state index in [2.05, 4.69) is 16.0 Å². The molecule has 2 heterocycles. The molecular formula is C12H13N3O. The molecule has 1 unspecified atom stereocenters. The Morgan fingerprint density at radius 1 is 1.31 bits per heavy atom. The number of piperidine rings is 1. The third-order valence-electron chi connectivity index (χ3n) is 2.86. The molecule has 1 aromatic rings. The van der Waals surface area contributed by atoms with E-state index in [0.717, 1.165) is 5.56 Å². The van der Waals surface area contributed by atoms with Gasteiger partial charge in [-0.05, 0) is 17.7 Å². The van der Waals surface area contributed by atoms with E-state index < -0.39 is 0 Å². The molecule has 0 aliphatic carbocycles. The van der Waals surface area contributed by atoms with Gasteiger partial charge in [0.25, 0.3) is 0 Å². The fourth-order valence-corrected chi connectivity index (χ4v) is 1.94. The molecule has 2 rings (SSSR count). The van der Waals surface area contributed by atoms with Crippen LogP contribution in [0.25, 0.3) is 0 Å². The summed E-state index contributed by atoms with van der Waals surface area (Å²) in [6, 6.07) is 5.74. The van der Waals surface area contributed by atoms with E-state index in [0.29, 0.717) is 31.7 Å². The zero-order chi connectivity index (χ0) is 11.4. The summed E-state index contributed by atoms with van der Waals surface area (Å²) >= 11 is 0. The monoisotopic (exact) mass is 215 g/mol. The Kier molecular flexibility index (Phi) is 3.28. The first-order chi connectivity index (χ1) is 7.81. The number of pyridine rings is 1. The second kappa shape index (κ2) is 4.86. The van der Waals surface area contributed by atoms with E-state index in [-0.39, 0.29) is 6.04 Å². The lowest BCUT2D eigenvalue weighted by molar-refractivity contribution is -0.121. The minimum Gasteiger partial charge on any atom is -0.300 e. The highest BCUT2D eigenvalue weighted by atomic mass is 16.1. The van der Waals surface area contributed by atoms with E-state index in [1.165, 1.54) is 0 Å². The van der Waals surface area contributed by atoms with Gasteiger partial charge < -0.3 is 0 Å². The normalized spacial score (nSPS) is 19.1. The van der Waals surface area contributed by atoms with Gasteiger partial charge >= 0.3 is 0 Å². The third-order valence-corrected chi connectivity index (χ3v) is 2.86. The van der Waals surface area contributed by atoms with Gasteiger partial charge in [0.05, 0.1) is 6.07 Å². The number of aromatic nitrogens is 1. The summed E-state index contributed by atoms with van der Waals surface area (Å²) in [5.74, 6) is 0.294. The lowest BCUT2D eigenvalue weighted by Crippen LogP contribution is -2.36. The van der Waals surface area contributed by atoms with Gasteiger partial charge in [0.15, 0.2) is 0 Å². The molecule has 0 radical (unpaired) electrons. The van der Waals surface area contributed by atoms with Crippen molar-refractivity contribution in [2.75, 3.05) is 13.1 Å². The average molecular weight is 215 g/mol. The summed E-state index contributed by atoms with van der Waals surface area (Å²) in [6.45, 7) is 1.36. The fourth-order valence-electron chi connectivity index (χ4n) is 1.94. The predicted molar refractivity (Wildman–Crippen MR) is 58.4 cm³/mol. The van der Waals surface area contributed by atoms with Crippen molar-refractivity contribution in [3.8, 4) is 6.07 Å². The maximum Gasteiger partial charge on any atom is 0.135 e. The van der Waals surface area contributed by atoms with Crippen LogP contribution in [0.4, 0.5) is 0 Å². The molecule has 1 aromatic heterocycles. The topological polar surface area (TPSA) is 57.0 Å². The lowest BCUT2D eigenvalue weighted by atomic mass is 10.0. The number of likely N-dealkylation sites (tertiary alicyclic amines) is 1. The van der Waals surface area contributed by atoms with E-state index in [1.807, 2.05) is 12.1 Å². The van der Waals surface area contributed by atoms with Gasteiger partial charge in [0, 0.05) is 38.3 Å². The molecular weight excluding hydrogens is 202 g/mol. The molecule has 1 fully saturated rings. The first kappa shape index (κ1) is 10.8. The highest BCUT2D eigenvalue weighted by Gasteiger charge is 2.24. The molecule has 1 aliphatic rings. The molecule has 1 atom stereocenters. The second-order valence-electron chi connectivity index (χ2n) is 3.89. The number of ketones is 1. The van der Waals surface area contributed by atoms with Crippen molar-refractivity contribution in [2.45, 2.75) is 18.9 Å². The van der Waals surface area contributed by atoms with Crippen molar-refractivity contribution < 1.29 is 4.79 Å². The van der Waals surface area contributed by atoms with Gasteiger partial charge in [0.1, 0.15) is 11.8 Å². The Bertz CT molecular complexity index is 400. The zero-order valence-corrected chi connectivity index (χ0v) is 8.97. The SMILES string of the molecule is N#CC(c1ccncc1)N1CCC(=O)CC1. The number of carbonyl (C=O) groups is 1. The predicted octanol–water partition coefficient (Wildman–Crippen LogP) is 1.31. The fraction of sp³-hybridized carbons (Fsp3) is 0.417. The van der Waals surface area contributed by atoms with Gasteiger partial charge in [-0.3, -0.25) is 14.7 Å². The molecule has 0 spiro atoms. The highest BCUT2D eigenvalue weighted by Crippen LogP contribution is 2.22. The summed E-state index contributed by atoms with van der Waals surface area (Å²) in [4.78, 5) is 17.1. The Morgan fingerprint density at radius 2 is 1.94 bits per heavy atom. The molecule has 16 heavy (non-hydrogen) atoms. The van der Waals surface area contributed by atoms with Crippen LogP contribution in [0.2, 0.25) is 0 Å². The molecule has 0 bridgehead atoms. The molecule has 1 saturated heterocycles. The molecule has 1 aliphatic heterocycles. The first-order valence-electron chi connectivity index (χ1n) is 5.36. The maximum atomic E-state index is 11.1. The van der Waals surface area contributed by atoms with Crippen LogP contribution in [0.5, 0.6) is 0 Å². The molecule has 82 valence electrons. The highest BCUT2D eigenvalue weighted by molar-refractivity contribution is 5.79. The van der Waals surface area contributed by atoms with Gasteiger partial charge in [-0.15, -0.1) is 0 Å². The van der Waals surface area contributed by atoms with Crippen LogP contribution >= 0.6 is 0 Å². The number of Topliss-reactive ketones (excluding diaryl/α,β-unsaturated/α-hetero) is 1. The number of nitriles is 1. The van der Waals surface area contributed by atoms with E-state index in [1.54, 1.807) is 12.4 Å². The smallest absolute Gasteiger partial charge is 0.135 e. The minimum absolute atomic E-state index is 0.254. The van der Waals surface area contributed by atoms with Gasteiger partial charge in [-0.25, -0.2) is 0 Å². The molecule has 4 heteroatoms. The molecule has 0 N–H and O–H groups in total. The Hall–Kier alpha value is -1.73. The molecule has 4 nitrogen and oxygen atoms in total. The van der Waals surface area contributed by atoms with Crippen LogP contribution in [0.1, 0.15) is 24.4 Å². The van der Waals surface area contributed by atoms with Gasteiger partial charge in [-0.1, -0.05) is 0 Å². The van der Waals surface area contributed by atoms with Crippen LogP contribution in [0, 0.1) is 11.3 Å². The van der Waals surface area contributed by atoms with Crippen LogP contribution in [-0.4, -0.2) is 28.8 Å². The Labute approximate surface area is 94.5 Å². The standard InChI is InChI=1S/C12H13N3O/c13-9-12(10-1-5-14-6-2-10)15-7-3-11(16)4-8-15/h1-2,5-6,12H,3-4,7-8H2. The lowest BCUT2D eigenvalue weighted by Gasteiger charge is -2.29. The first-order valence-corrected chi connectivity index (χ1v) is 5.36. The summed E-state index contributed by atoms with van der Waals surface area (Å²) in [6.07, 6.45) is 4.50. The summed E-state index contributed by atoms with van der Waals surface area (Å²) in [5.41, 5.74) is 0.951.